The monoisotopic (exact) mass is 301 g/mol. The van der Waals surface area contributed by atoms with Gasteiger partial charge >= 0.3 is 5.69 Å². The van der Waals surface area contributed by atoms with Crippen molar-refractivity contribution in [3.05, 3.63) is 40.6 Å². The first kappa shape index (κ1) is 14.7. The Morgan fingerprint density at radius 3 is 2.86 bits per heavy atom. The van der Waals surface area contributed by atoms with Crippen LogP contribution in [0.15, 0.2) is 30.5 Å². The van der Waals surface area contributed by atoms with E-state index in [0.717, 1.165) is 0 Å². The molecular weight excluding hydrogens is 282 g/mol. The van der Waals surface area contributed by atoms with Crippen LogP contribution in [0.3, 0.4) is 0 Å². The van der Waals surface area contributed by atoms with E-state index in [2.05, 4.69) is 4.98 Å². The van der Waals surface area contributed by atoms with E-state index in [1.807, 2.05) is 31.7 Å². The molecule has 6 heteroatoms. The summed E-state index contributed by atoms with van der Waals surface area (Å²) in [6, 6.07) is 7.11. The van der Waals surface area contributed by atoms with E-state index >= 15 is 0 Å². The van der Waals surface area contributed by atoms with E-state index in [1.165, 1.54) is 0 Å². The topological polar surface area (TPSA) is 68.5 Å². The van der Waals surface area contributed by atoms with Crippen molar-refractivity contribution in [1.29, 1.82) is 0 Å². The molecule has 6 nitrogen and oxygen atoms in total. The highest BCUT2D eigenvalue weighted by molar-refractivity contribution is 5.94. The molecule has 1 unspecified atom stereocenters. The molecule has 22 heavy (non-hydrogen) atoms. The van der Waals surface area contributed by atoms with Crippen LogP contribution < -0.4 is 4.90 Å². The maximum absolute atomic E-state index is 11.6. The fraction of sp³-hybridized carbons (Fsp3) is 0.438. The highest BCUT2D eigenvalue weighted by atomic mass is 16.6. The molecule has 1 aromatic heterocycles. The highest BCUT2D eigenvalue weighted by Crippen LogP contribution is 2.37. The van der Waals surface area contributed by atoms with Crippen molar-refractivity contribution in [2.75, 3.05) is 18.0 Å². The normalized spacial score (nSPS) is 21.0. The third kappa shape index (κ3) is 2.62. The minimum Gasteiger partial charge on any atom is -0.369 e. The fourth-order valence-electron chi connectivity index (χ4n) is 3.21. The van der Waals surface area contributed by atoms with Crippen molar-refractivity contribution in [3.8, 4) is 0 Å². The second-order valence-electron chi connectivity index (χ2n) is 6.33. The van der Waals surface area contributed by atoms with Crippen LogP contribution in [0.5, 0.6) is 0 Å². The summed E-state index contributed by atoms with van der Waals surface area (Å²) < 4.78 is 5.89. The Morgan fingerprint density at radius 2 is 2.18 bits per heavy atom. The van der Waals surface area contributed by atoms with Crippen molar-refractivity contribution in [2.45, 2.75) is 32.5 Å². The fourth-order valence-corrected chi connectivity index (χ4v) is 3.21. The quantitative estimate of drug-likeness (QED) is 0.629. The van der Waals surface area contributed by atoms with Gasteiger partial charge in [-0.25, -0.2) is 0 Å². The molecule has 0 spiro atoms. The summed E-state index contributed by atoms with van der Waals surface area (Å²) in [5.74, 6) is 0. The number of rotatable bonds is 2. The second-order valence-corrected chi connectivity index (χ2v) is 6.33. The summed E-state index contributed by atoms with van der Waals surface area (Å²) in [7, 11) is 0. The predicted octanol–water partition coefficient (Wildman–Crippen LogP) is 3.15. The molecule has 1 aliphatic heterocycles. The molecule has 0 aliphatic carbocycles. The molecule has 1 aliphatic rings. The minimum atomic E-state index is -0.338. The van der Waals surface area contributed by atoms with Gasteiger partial charge in [0.05, 0.1) is 27.5 Å². The number of anilines is 1. The third-order valence-electron chi connectivity index (χ3n) is 3.83. The van der Waals surface area contributed by atoms with Crippen LogP contribution in [-0.2, 0) is 4.74 Å². The third-order valence-corrected chi connectivity index (χ3v) is 3.83. The lowest BCUT2D eigenvalue weighted by atomic mass is 10.0. The molecule has 2 aromatic rings. The lowest BCUT2D eigenvalue weighted by molar-refractivity contribution is -0.382. The molecule has 0 amide bonds. The molecule has 116 valence electrons. The molecular formula is C16H19N3O3. The van der Waals surface area contributed by atoms with Gasteiger partial charge in [0.1, 0.15) is 5.69 Å². The summed E-state index contributed by atoms with van der Waals surface area (Å²) in [5, 5.41) is 12.2. The van der Waals surface area contributed by atoms with E-state index in [0.29, 0.717) is 29.7 Å². The molecule has 1 fully saturated rings. The average Bonchev–Trinajstić information content (AvgIpc) is 2.43. The van der Waals surface area contributed by atoms with Crippen molar-refractivity contribution < 1.29 is 9.66 Å². The molecule has 0 saturated carbocycles. The smallest absolute Gasteiger partial charge is 0.301 e. The Labute approximate surface area is 128 Å². The van der Waals surface area contributed by atoms with Gasteiger partial charge in [-0.2, -0.15) is 0 Å². The Balaban J connectivity index is 2.14. The number of pyridine rings is 1. The molecule has 2 heterocycles. The molecule has 0 N–H and O–H groups in total. The first-order valence-corrected chi connectivity index (χ1v) is 7.32. The standard InChI is InChI=1S/C16H19N3O3/c1-11-9-18(10-16(2,3)22-11)14-7-6-13-12(5-4-8-17-13)15(14)19(20)21/h4-8,11H,9-10H2,1-3H3. The number of aromatic nitrogens is 1. The van der Waals surface area contributed by atoms with Crippen molar-refractivity contribution in [2.24, 2.45) is 0 Å². The summed E-state index contributed by atoms with van der Waals surface area (Å²) in [4.78, 5) is 17.6. The van der Waals surface area contributed by atoms with E-state index in [9.17, 15) is 10.1 Å². The van der Waals surface area contributed by atoms with Gasteiger partial charge in [-0.3, -0.25) is 15.1 Å². The number of nitro groups is 1. The van der Waals surface area contributed by atoms with E-state index in [4.69, 9.17) is 4.74 Å². The summed E-state index contributed by atoms with van der Waals surface area (Å²) in [6.07, 6.45) is 1.67. The van der Waals surface area contributed by atoms with Crippen molar-refractivity contribution in [3.63, 3.8) is 0 Å². The van der Waals surface area contributed by atoms with Crippen LogP contribution in [0, 0.1) is 10.1 Å². The molecule has 1 saturated heterocycles. The van der Waals surface area contributed by atoms with Crippen LogP contribution in [0.2, 0.25) is 0 Å². The largest absolute Gasteiger partial charge is 0.369 e. The maximum atomic E-state index is 11.6. The Hall–Kier alpha value is -2.21. The van der Waals surface area contributed by atoms with Crippen LogP contribution in [0.1, 0.15) is 20.8 Å². The lowest BCUT2D eigenvalue weighted by Gasteiger charge is -2.42. The number of hydrogen-bond acceptors (Lipinski definition) is 5. The average molecular weight is 301 g/mol. The Kier molecular flexibility index (Phi) is 3.48. The molecule has 0 bridgehead atoms. The van der Waals surface area contributed by atoms with E-state index < -0.39 is 0 Å². The SMILES string of the molecule is CC1CN(c2ccc3ncccc3c2[N+](=O)[O-])CC(C)(C)O1. The zero-order valence-electron chi connectivity index (χ0n) is 12.9. The molecule has 0 radical (unpaired) electrons. The van der Waals surface area contributed by atoms with Gasteiger partial charge < -0.3 is 9.64 Å². The van der Waals surface area contributed by atoms with Crippen LogP contribution in [0.4, 0.5) is 11.4 Å². The lowest BCUT2D eigenvalue weighted by Crippen LogP contribution is -2.52. The van der Waals surface area contributed by atoms with Crippen LogP contribution in [0.25, 0.3) is 10.9 Å². The first-order chi connectivity index (χ1) is 10.4. The van der Waals surface area contributed by atoms with Gasteiger partial charge in [0.2, 0.25) is 0 Å². The number of nitrogens with zero attached hydrogens (tertiary/aromatic N) is 3. The predicted molar refractivity (Wildman–Crippen MR) is 85.2 cm³/mol. The Morgan fingerprint density at radius 1 is 1.41 bits per heavy atom. The molecule has 3 rings (SSSR count). The van der Waals surface area contributed by atoms with Gasteiger partial charge in [0.25, 0.3) is 0 Å². The van der Waals surface area contributed by atoms with Gasteiger partial charge in [-0.05, 0) is 45.0 Å². The van der Waals surface area contributed by atoms with Gasteiger partial charge in [0, 0.05) is 19.3 Å². The zero-order chi connectivity index (χ0) is 15.9. The van der Waals surface area contributed by atoms with Gasteiger partial charge in [-0.1, -0.05) is 0 Å². The second kappa shape index (κ2) is 5.21. The van der Waals surface area contributed by atoms with Crippen LogP contribution >= 0.6 is 0 Å². The maximum Gasteiger partial charge on any atom is 0.301 e. The van der Waals surface area contributed by atoms with Crippen molar-refractivity contribution in [1.82, 2.24) is 4.98 Å². The summed E-state index contributed by atoms with van der Waals surface area (Å²) in [5.41, 5.74) is 1.05. The number of morpholine rings is 1. The highest BCUT2D eigenvalue weighted by Gasteiger charge is 2.34. The number of fused-ring (bicyclic) bond motifs is 1. The molecule has 1 atom stereocenters. The zero-order valence-corrected chi connectivity index (χ0v) is 12.9. The molecule has 1 aromatic carbocycles. The summed E-state index contributed by atoms with van der Waals surface area (Å²) in [6.45, 7) is 7.25. The number of nitro benzene ring substituents is 1. The van der Waals surface area contributed by atoms with E-state index in [1.54, 1.807) is 24.4 Å². The van der Waals surface area contributed by atoms with E-state index in [-0.39, 0.29) is 22.3 Å². The Bertz CT molecular complexity index is 730. The van der Waals surface area contributed by atoms with Gasteiger partial charge in [0.15, 0.2) is 0 Å². The van der Waals surface area contributed by atoms with Crippen molar-refractivity contribution >= 4 is 22.3 Å². The van der Waals surface area contributed by atoms with Gasteiger partial charge in [-0.15, -0.1) is 0 Å². The minimum absolute atomic E-state index is 0.0212. The summed E-state index contributed by atoms with van der Waals surface area (Å²) >= 11 is 0. The number of hydrogen-bond donors (Lipinski definition) is 0. The first-order valence-electron chi connectivity index (χ1n) is 7.32. The number of benzene rings is 1. The van der Waals surface area contributed by atoms with Crippen LogP contribution in [-0.4, -0.2) is 34.7 Å². The number of ether oxygens (including phenoxy) is 1.